The molecule has 6 heteroatoms. The number of benzene rings is 1. The Labute approximate surface area is 92.7 Å². The first kappa shape index (κ1) is 12.0. The number of hydrogen-bond donors (Lipinski definition) is 0. The number of carbonyl (C=O) groups excluding carboxylic acids is 1. The minimum Gasteiger partial charge on any atom is -0.449 e. The van der Waals surface area contributed by atoms with Gasteiger partial charge in [0.2, 0.25) is 9.84 Å². The average Bonchev–Trinajstić information content (AvgIpc) is 2.15. The number of carbonyl (C=O) groups is 1. The summed E-state index contributed by atoms with van der Waals surface area (Å²) in [4.78, 5) is 10.5. The molecule has 15 heavy (non-hydrogen) atoms. The van der Waals surface area contributed by atoms with E-state index in [0.717, 1.165) is 6.92 Å². The van der Waals surface area contributed by atoms with E-state index in [9.17, 15) is 13.2 Å². The summed E-state index contributed by atoms with van der Waals surface area (Å²) in [5.41, 5.74) is 0. The summed E-state index contributed by atoms with van der Waals surface area (Å²) in [5, 5.41) is 0.318. The fourth-order valence-electron chi connectivity index (χ4n) is 0.889. The van der Waals surface area contributed by atoms with Crippen LogP contribution in [-0.4, -0.2) is 20.3 Å². The van der Waals surface area contributed by atoms with E-state index in [1.165, 1.54) is 18.2 Å². The number of esters is 1. The van der Waals surface area contributed by atoms with Gasteiger partial charge in [0.1, 0.15) is 0 Å². The van der Waals surface area contributed by atoms with Crippen molar-refractivity contribution >= 4 is 27.4 Å². The van der Waals surface area contributed by atoms with Crippen molar-refractivity contribution in [2.75, 3.05) is 5.94 Å². The van der Waals surface area contributed by atoms with Gasteiger partial charge in [-0.1, -0.05) is 17.7 Å². The highest BCUT2D eigenvalue weighted by molar-refractivity contribution is 7.91. The van der Waals surface area contributed by atoms with E-state index in [1.807, 2.05) is 0 Å². The van der Waals surface area contributed by atoms with Gasteiger partial charge < -0.3 is 4.74 Å². The topological polar surface area (TPSA) is 60.4 Å². The van der Waals surface area contributed by atoms with Crippen LogP contribution in [0.5, 0.6) is 0 Å². The molecule has 0 saturated heterocycles. The average molecular weight is 249 g/mol. The van der Waals surface area contributed by atoms with Gasteiger partial charge in [0.25, 0.3) is 0 Å². The smallest absolute Gasteiger partial charge is 0.303 e. The number of hydrogen-bond acceptors (Lipinski definition) is 4. The Balaban J connectivity index is 2.91. The number of rotatable bonds is 3. The van der Waals surface area contributed by atoms with Crippen molar-refractivity contribution in [2.45, 2.75) is 11.8 Å². The first-order valence-electron chi connectivity index (χ1n) is 4.03. The summed E-state index contributed by atoms with van der Waals surface area (Å²) in [6, 6.07) is 5.78. The summed E-state index contributed by atoms with van der Waals surface area (Å²) in [5.74, 6) is -1.30. The molecule has 0 bridgehead atoms. The molecule has 0 heterocycles. The molecule has 0 N–H and O–H groups in total. The molecule has 0 aliphatic rings. The standard InChI is InChI=1S/C9H9ClO4S/c1-7(11)14-6-15(12,13)9-4-2-3-8(10)5-9/h2-5H,6H2,1H3. The lowest BCUT2D eigenvalue weighted by Gasteiger charge is -2.04. The third kappa shape index (κ3) is 3.53. The molecule has 0 unspecified atom stereocenters. The van der Waals surface area contributed by atoms with Gasteiger partial charge in [-0.15, -0.1) is 0 Å². The van der Waals surface area contributed by atoms with Crippen molar-refractivity contribution in [1.82, 2.24) is 0 Å². The summed E-state index contributed by atoms with van der Waals surface area (Å²) in [7, 11) is -3.61. The first-order chi connectivity index (χ1) is 6.92. The zero-order valence-corrected chi connectivity index (χ0v) is 9.51. The Morgan fingerprint density at radius 2 is 2.13 bits per heavy atom. The lowest BCUT2D eigenvalue weighted by molar-refractivity contribution is -0.138. The van der Waals surface area contributed by atoms with Gasteiger partial charge in [-0.2, -0.15) is 0 Å². The van der Waals surface area contributed by atoms with Crippen molar-refractivity contribution in [3.8, 4) is 0 Å². The molecule has 0 amide bonds. The minimum atomic E-state index is -3.61. The van der Waals surface area contributed by atoms with E-state index in [4.69, 9.17) is 11.6 Å². The van der Waals surface area contributed by atoms with Gasteiger partial charge in [-0.25, -0.2) is 8.42 Å². The van der Waals surface area contributed by atoms with Crippen LogP contribution in [0, 0.1) is 0 Å². The SMILES string of the molecule is CC(=O)OCS(=O)(=O)c1cccc(Cl)c1. The Bertz CT molecular complexity index is 467. The van der Waals surface area contributed by atoms with E-state index in [1.54, 1.807) is 6.07 Å². The molecule has 0 fully saturated rings. The van der Waals surface area contributed by atoms with Crippen molar-refractivity contribution in [1.29, 1.82) is 0 Å². The molecular weight excluding hydrogens is 240 g/mol. The quantitative estimate of drug-likeness (QED) is 0.763. The zero-order chi connectivity index (χ0) is 11.5. The molecule has 0 aromatic heterocycles. The monoisotopic (exact) mass is 248 g/mol. The van der Waals surface area contributed by atoms with E-state index in [-0.39, 0.29) is 4.90 Å². The highest BCUT2D eigenvalue weighted by Gasteiger charge is 2.16. The van der Waals surface area contributed by atoms with Crippen LogP contribution in [-0.2, 0) is 19.4 Å². The van der Waals surface area contributed by atoms with Crippen molar-refractivity contribution in [3.63, 3.8) is 0 Å². The summed E-state index contributed by atoms with van der Waals surface area (Å²) in [6.07, 6.45) is 0. The van der Waals surface area contributed by atoms with Crippen LogP contribution < -0.4 is 0 Å². The number of ether oxygens (including phenoxy) is 1. The minimum absolute atomic E-state index is 0.0382. The summed E-state index contributed by atoms with van der Waals surface area (Å²) >= 11 is 5.64. The Morgan fingerprint density at radius 1 is 1.47 bits per heavy atom. The Kier molecular flexibility index (Phi) is 3.71. The third-order valence-electron chi connectivity index (χ3n) is 1.57. The van der Waals surface area contributed by atoms with E-state index in [0.29, 0.717) is 5.02 Å². The maximum absolute atomic E-state index is 11.6. The number of sulfone groups is 1. The molecule has 0 atom stereocenters. The predicted octanol–water partition coefficient (Wildman–Crippen LogP) is 1.63. The van der Waals surface area contributed by atoms with Crippen LogP contribution in [0.3, 0.4) is 0 Å². The van der Waals surface area contributed by atoms with Gasteiger partial charge in [0.05, 0.1) is 4.90 Å². The van der Waals surface area contributed by atoms with Crippen LogP contribution in [0.15, 0.2) is 29.2 Å². The normalized spacial score (nSPS) is 11.1. The van der Waals surface area contributed by atoms with Gasteiger partial charge in [0, 0.05) is 11.9 Å². The fourth-order valence-corrected chi connectivity index (χ4v) is 2.19. The van der Waals surface area contributed by atoms with Crippen LogP contribution in [0.2, 0.25) is 5.02 Å². The van der Waals surface area contributed by atoms with E-state index < -0.39 is 21.7 Å². The van der Waals surface area contributed by atoms with Crippen LogP contribution in [0.1, 0.15) is 6.92 Å². The zero-order valence-electron chi connectivity index (χ0n) is 7.94. The maximum atomic E-state index is 11.6. The van der Waals surface area contributed by atoms with Gasteiger partial charge in [-0.05, 0) is 18.2 Å². The Morgan fingerprint density at radius 3 is 2.67 bits per heavy atom. The highest BCUT2D eigenvalue weighted by atomic mass is 35.5. The lowest BCUT2D eigenvalue weighted by atomic mass is 10.4. The Hall–Kier alpha value is -1.07. The summed E-state index contributed by atoms with van der Waals surface area (Å²) in [6.45, 7) is 1.15. The van der Waals surface area contributed by atoms with Crippen LogP contribution in [0.25, 0.3) is 0 Å². The van der Waals surface area contributed by atoms with Gasteiger partial charge >= 0.3 is 5.97 Å². The molecule has 0 spiro atoms. The third-order valence-corrected chi connectivity index (χ3v) is 3.21. The lowest BCUT2D eigenvalue weighted by Crippen LogP contribution is -2.12. The molecule has 0 aliphatic heterocycles. The van der Waals surface area contributed by atoms with Crippen LogP contribution in [0.4, 0.5) is 0 Å². The molecule has 4 nitrogen and oxygen atoms in total. The van der Waals surface area contributed by atoms with Crippen molar-refractivity contribution in [3.05, 3.63) is 29.3 Å². The second-order valence-electron chi connectivity index (χ2n) is 2.83. The summed E-state index contributed by atoms with van der Waals surface area (Å²) < 4.78 is 27.5. The van der Waals surface area contributed by atoms with Crippen molar-refractivity contribution in [2.24, 2.45) is 0 Å². The largest absolute Gasteiger partial charge is 0.449 e. The van der Waals surface area contributed by atoms with Gasteiger partial charge in [0.15, 0.2) is 5.94 Å². The van der Waals surface area contributed by atoms with E-state index >= 15 is 0 Å². The molecule has 82 valence electrons. The fraction of sp³-hybridized carbons (Fsp3) is 0.222. The molecule has 0 saturated carbocycles. The van der Waals surface area contributed by atoms with Crippen molar-refractivity contribution < 1.29 is 17.9 Å². The maximum Gasteiger partial charge on any atom is 0.303 e. The first-order valence-corrected chi connectivity index (χ1v) is 6.06. The molecule has 1 aromatic rings. The molecule has 1 rings (SSSR count). The molecule has 1 aromatic carbocycles. The van der Waals surface area contributed by atoms with Gasteiger partial charge in [-0.3, -0.25) is 4.79 Å². The highest BCUT2D eigenvalue weighted by Crippen LogP contribution is 2.16. The second-order valence-corrected chi connectivity index (χ2v) is 5.20. The molecular formula is C9H9ClO4S. The van der Waals surface area contributed by atoms with E-state index in [2.05, 4.69) is 4.74 Å². The number of halogens is 1. The second kappa shape index (κ2) is 4.63. The molecule has 0 aliphatic carbocycles. The predicted molar refractivity (Wildman–Crippen MR) is 55.3 cm³/mol. The molecule has 0 radical (unpaired) electrons. The van der Waals surface area contributed by atoms with Crippen LogP contribution >= 0.6 is 11.6 Å².